The molecule has 8 nitrogen and oxygen atoms in total. The fraction of sp³-hybridized carbons (Fsp3) is 0.429. The third-order valence-corrected chi connectivity index (χ3v) is 3.18. The van der Waals surface area contributed by atoms with Crippen LogP contribution >= 0.6 is 0 Å². The van der Waals surface area contributed by atoms with Crippen molar-refractivity contribution in [3.05, 3.63) is 30.1 Å². The van der Waals surface area contributed by atoms with Crippen molar-refractivity contribution in [2.45, 2.75) is 44.2 Å². The van der Waals surface area contributed by atoms with Crippen LogP contribution < -0.4 is 10.5 Å². The van der Waals surface area contributed by atoms with E-state index in [0.717, 1.165) is 24.3 Å². The number of nitrogens with one attached hydrogen (secondary N) is 1. The number of ether oxygens (including phenoxy) is 1. The summed E-state index contributed by atoms with van der Waals surface area (Å²) in [4.78, 5) is 21.2. The van der Waals surface area contributed by atoms with Gasteiger partial charge in [-0.2, -0.15) is 0 Å². The summed E-state index contributed by atoms with van der Waals surface area (Å²) in [5, 5.41) is 15.4. The molecule has 24 heavy (non-hydrogen) atoms. The van der Waals surface area contributed by atoms with E-state index in [-0.39, 0.29) is 4.90 Å². The predicted octanol–water partition coefficient (Wildman–Crippen LogP) is 1.46. The maximum absolute atomic E-state index is 12.2. The molecule has 1 aromatic carbocycles. The second-order valence-corrected chi connectivity index (χ2v) is 7.27. The third kappa shape index (κ3) is 9.74. The number of halogens is 1. The van der Waals surface area contributed by atoms with E-state index in [0.29, 0.717) is 0 Å². The Kier molecular flexibility index (Phi) is 7.81. The van der Waals surface area contributed by atoms with Gasteiger partial charge in [-0.3, -0.25) is 4.79 Å². The van der Waals surface area contributed by atoms with Gasteiger partial charge in [-0.25, -0.2) is 22.7 Å². The van der Waals surface area contributed by atoms with Gasteiger partial charge in [-0.05, 0) is 52.0 Å². The van der Waals surface area contributed by atoms with Crippen LogP contribution in [0.5, 0.6) is 0 Å². The summed E-state index contributed by atoms with van der Waals surface area (Å²) >= 11 is 0. The normalized spacial score (nSPS) is 12.4. The second kappa shape index (κ2) is 8.60. The molecule has 0 unspecified atom stereocenters. The number of amides is 1. The number of carboxylic acids is 1. The molecule has 0 fully saturated rings. The average Bonchev–Trinajstić information content (AvgIpc) is 2.36. The van der Waals surface area contributed by atoms with E-state index < -0.39 is 39.5 Å². The van der Waals surface area contributed by atoms with E-state index in [2.05, 4.69) is 5.32 Å². The van der Waals surface area contributed by atoms with Gasteiger partial charge in [0.2, 0.25) is 10.0 Å². The lowest BCUT2D eigenvalue weighted by Gasteiger charge is -2.20. The lowest BCUT2D eigenvalue weighted by Crippen LogP contribution is -2.41. The minimum absolute atomic E-state index is 0.0844. The van der Waals surface area contributed by atoms with Gasteiger partial charge in [0.25, 0.3) is 0 Å². The van der Waals surface area contributed by atoms with Crippen LogP contribution in [0.15, 0.2) is 29.2 Å². The standard InChI is InChI=1S/C8H15NO4.C6H6FNO2S/c1-5(6(10)11)9-7(12)13-8(2,3)4;7-5-1-3-6(4-2-5)11(8,9)10/h5H,1-4H3,(H,9,12)(H,10,11);1-4H,(H2,8,9,10)/t5-;/m0./s1. The molecule has 1 rings (SSSR count). The predicted molar refractivity (Wildman–Crippen MR) is 84.2 cm³/mol. The number of aliphatic carboxylic acids is 1. The van der Waals surface area contributed by atoms with E-state index in [4.69, 9.17) is 15.0 Å². The van der Waals surface area contributed by atoms with Crippen molar-refractivity contribution in [2.75, 3.05) is 0 Å². The molecule has 0 aromatic heterocycles. The quantitative estimate of drug-likeness (QED) is 0.743. The molecule has 0 saturated heterocycles. The number of rotatable bonds is 3. The zero-order valence-electron chi connectivity index (χ0n) is 13.7. The summed E-state index contributed by atoms with van der Waals surface area (Å²) in [5.74, 6) is -1.58. The number of carbonyl (C=O) groups is 2. The van der Waals surface area contributed by atoms with Crippen molar-refractivity contribution in [1.29, 1.82) is 0 Å². The van der Waals surface area contributed by atoms with Crippen LogP contribution in [0.2, 0.25) is 0 Å². The zero-order valence-corrected chi connectivity index (χ0v) is 14.6. The Morgan fingerprint density at radius 1 is 1.25 bits per heavy atom. The maximum atomic E-state index is 12.2. The Hall–Kier alpha value is -2.20. The number of nitrogens with two attached hydrogens (primary N) is 1. The highest BCUT2D eigenvalue weighted by molar-refractivity contribution is 7.89. The first-order valence-electron chi connectivity index (χ1n) is 6.73. The Morgan fingerprint density at radius 3 is 2.04 bits per heavy atom. The SMILES string of the molecule is C[C@H](NC(=O)OC(C)(C)C)C(=O)O.NS(=O)(=O)c1ccc(F)cc1. The van der Waals surface area contributed by atoms with Crippen molar-refractivity contribution in [1.82, 2.24) is 5.32 Å². The fourth-order valence-corrected chi connectivity index (χ4v) is 1.69. The molecule has 1 atom stereocenters. The summed E-state index contributed by atoms with van der Waals surface area (Å²) < 4.78 is 38.3. The average molecular weight is 364 g/mol. The Bertz CT molecular complexity index is 668. The number of alkyl carbamates (subject to hydrolysis) is 1. The Labute approximate surface area is 139 Å². The van der Waals surface area contributed by atoms with Crippen molar-refractivity contribution < 1.29 is 32.2 Å². The molecule has 0 spiro atoms. The second-order valence-electron chi connectivity index (χ2n) is 5.71. The zero-order chi connectivity index (χ0) is 19.1. The van der Waals surface area contributed by atoms with Crippen LogP contribution in [0.4, 0.5) is 9.18 Å². The third-order valence-electron chi connectivity index (χ3n) is 2.25. The van der Waals surface area contributed by atoms with Gasteiger partial charge in [-0.1, -0.05) is 0 Å². The minimum Gasteiger partial charge on any atom is -0.480 e. The lowest BCUT2D eigenvalue weighted by molar-refractivity contribution is -0.139. The number of carbonyl (C=O) groups excluding carboxylic acids is 1. The summed E-state index contributed by atoms with van der Waals surface area (Å²) in [6.45, 7) is 6.49. The topological polar surface area (TPSA) is 136 Å². The highest BCUT2D eigenvalue weighted by Gasteiger charge is 2.20. The summed E-state index contributed by atoms with van der Waals surface area (Å²) in [5.41, 5.74) is -0.609. The molecular formula is C14H21FN2O6S. The first kappa shape index (κ1) is 21.8. The van der Waals surface area contributed by atoms with E-state index in [1.807, 2.05) is 0 Å². The van der Waals surface area contributed by atoms with Crippen LogP contribution in [-0.2, 0) is 19.6 Å². The number of benzene rings is 1. The molecule has 0 radical (unpaired) electrons. The Morgan fingerprint density at radius 2 is 1.71 bits per heavy atom. The van der Waals surface area contributed by atoms with Gasteiger partial charge >= 0.3 is 12.1 Å². The molecule has 0 aliphatic rings. The van der Waals surface area contributed by atoms with Crippen molar-refractivity contribution >= 4 is 22.1 Å². The van der Waals surface area contributed by atoms with E-state index in [1.54, 1.807) is 20.8 Å². The van der Waals surface area contributed by atoms with Gasteiger partial charge in [-0.15, -0.1) is 0 Å². The van der Waals surface area contributed by atoms with Crippen LogP contribution in [0.3, 0.4) is 0 Å². The monoisotopic (exact) mass is 364 g/mol. The molecule has 0 heterocycles. The molecule has 0 aliphatic heterocycles. The van der Waals surface area contributed by atoms with E-state index in [9.17, 15) is 22.4 Å². The van der Waals surface area contributed by atoms with Crippen LogP contribution in [0.1, 0.15) is 27.7 Å². The first-order valence-corrected chi connectivity index (χ1v) is 8.27. The first-order chi connectivity index (χ1) is 10.7. The van der Waals surface area contributed by atoms with Crippen LogP contribution in [0, 0.1) is 5.82 Å². The highest BCUT2D eigenvalue weighted by Crippen LogP contribution is 2.07. The van der Waals surface area contributed by atoms with Crippen LogP contribution in [0.25, 0.3) is 0 Å². The molecule has 0 bridgehead atoms. The van der Waals surface area contributed by atoms with Gasteiger partial charge in [0, 0.05) is 0 Å². The smallest absolute Gasteiger partial charge is 0.408 e. The molecule has 4 N–H and O–H groups in total. The van der Waals surface area contributed by atoms with Gasteiger partial charge in [0.1, 0.15) is 17.5 Å². The van der Waals surface area contributed by atoms with Crippen molar-refractivity contribution in [3.63, 3.8) is 0 Å². The highest BCUT2D eigenvalue weighted by atomic mass is 32.2. The molecule has 1 aromatic rings. The van der Waals surface area contributed by atoms with Gasteiger partial charge in [0.05, 0.1) is 4.90 Å². The minimum atomic E-state index is -3.69. The molecule has 1 amide bonds. The molecular weight excluding hydrogens is 343 g/mol. The molecule has 10 heteroatoms. The summed E-state index contributed by atoms with van der Waals surface area (Å²) in [7, 11) is -3.69. The lowest BCUT2D eigenvalue weighted by atomic mass is 10.2. The number of hydrogen-bond acceptors (Lipinski definition) is 5. The number of primary sulfonamides is 1. The fourth-order valence-electron chi connectivity index (χ4n) is 1.17. The molecule has 136 valence electrons. The number of sulfonamides is 1. The maximum Gasteiger partial charge on any atom is 0.408 e. The van der Waals surface area contributed by atoms with Gasteiger partial charge in [0.15, 0.2) is 0 Å². The van der Waals surface area contributed by atoms with Crippen LogP contribution in [-0.4, -0.2) is 37.2 Å². The number of carboxylic acid groups (broad SMARTS) is 1. The summed E-state index contributed by atoms with van der Waals surface area (Å²) in [6.07, 6.45) is -0.720. The Balaban J connectivity index is 0.000000446. The number of hydrogen-bond donors (Lipinski definition) is 3. The van der Waals surface area contributed by atoms with Crippen molar-refractivity contribution in [2.24, 2.45) is 5.14 Å². The van der Waals surface area contributed by atoms with Crippen molar-refractivity contribution in [3.8, 4) is 0 Å². The van der Waals surface area contributed by atoms with Gasteiger partial charge < -0.3 is 15.2 Å². The summed E-state index contributed by atoms with van der Waals surface area (Å²) in [6, 6.07) is 3.38. The molecule has 0 aliphatic carbocycles. The largest absolute Gasteiger partial charge is 0.480 e. The molecule has 0 saturated carbocycles. The van der Waals surface area contributed by atoms with E-state index >= 15 is 0 Å². The van der Waals surface area contributed by atoms with E-state index in [1.165, 1.54) is 6.92 Å².